The number of urea groups is 1. The van der Waals surface area contributed by atoms with Gasteiger partial charge in [-0.3, -0.25) is 9.80 Å². The molecule has 2 aromatic rings. The Balaban J connectivity index is 1.27. The largest absolute Gasteiger partial charge is 0.495 e. The zero-order valence-electron chi connectivity index (χ0n) is 19.1. The zero-order valence-corrected chi connectivity index (χ0v) is 19.1. The summed E-state index contributed by atoms with van der Waals surface area (Å²) in [6.07, 6.45) is 7.48. The highest BCUT2D eigenvalue weighted by Gasteiger charge is 2.28. The van der Waals surface area contributed by atoms with E-state index in [9.17, 15) is 4.79 Å². The van der Waals surface area contributed by atoms with Gasteiger partial charge in [0.05, 0.1) is 12.8 Å². The number of aromatic nitrogens is 1. The van der Waals surface area contributed by atoms with E-state index in [4.69, 9.17) is 4.74 Å². The van der Waals surface area contributed by atoms with Crippen LogP contribution in [0.2, 0.25) is 0 Å². The van der Waals surface area contributed by atoms with Gasteiger partial charge in [0.25, 0.3) is 0 Å². The molecule has 0 unspecified atom stereocenters. The molecule has 4 rings (SSSR count). The lowest BCUT2D eigenvalue weighted by Gasteiger charge is -2.37. The van der Waals surface area contributed by atoms with Crippen LogP contribution >= 0.6 is 0 Å². The smallest absolute Gasteiger partial charge is 0.323 e. The highest BCUT2D eigenvalue weighted by Crippen LogP contribution is 2.28. The van der Waals surface area contributed by atoms with Gasteiger partial charge in [0, 0.05) is 51.5 Å². The lowest BCUT2D eigenvalue weighted by Crippen LogP contribution is -2.51. The molecule has 0 radical (unpaired) electrons. The third-order valence-corrected chi connectivity index (χ3v) is 6.56. The van der Waals surface area contributed by atoms with Gasteiger partial charge in [0.15, 0.2) is 0 Å². The molecule has 1 saturated heterocycles. The van der Waals surface area contributed by atoms with E-state index in [1.165, 1.54) is 19.3 Å². The van der Waals surface area contributed by atoms with Gasteiger partial charge in [0.1, 0.15) is 11.6 Å². The van der Waals surface area contributed by atoms with Crippen LogP contribution in [0.1, 0.15) is 32.1 Å². The molecule has 1 aromatic carbocycles. The molecule has 0 spiro atoms. The molecule has 0 atom stereocenters. The van der Waals surface area contributed by atoms with Crippen molar-refractivity contribution < 1.29 is 9.53 Å². The molecule has 1 N–H and O–H groups in total. The van der Waals surface area contributed by atoms with Crippen LogP contribution in [-0.2, 0) is 0 Å². The van der Waals surface area contributed by atoms with Crippen LogP contribution in [0.25, 0.3) is 0 Å². The second-order valence-electron chi connectivity index (χ2n) is 8.58. The topological polar surface area (TPSA) is 60.9 Å². The molecule has 7 heteroatoms. The van der Waals surface area contributed by atoms with Crippen molar-refractivity contribution in [1.82, 2.24) is 15.2 Å². The maximum atomic E-state index is 13.1. The van der Waals surface area contributed by atoms with Gasteiger partial charge in [0.2, 0.25) is 0 Å². The van der Waals surface area contributed by atoms with Crippen LogP contribution in [0.3, 0.4) is 0 Å². The summed E-state index contributed by atoms with van der Waals surface area (Å²) in [7, 11) is 1.72. The van der Waals surface area contributed by atoms with E-state index in [2.05, 4.69) is 32.2 Å². The number of hydrogen-bond donors (Lipinski definition) is 1. The molecule has 2 amide bonds. The van der Waals surface area contributed by atoms with Crippen LogP contribution in [0.5, 0.6) is 5.75 Å². The van der Waals surface area contributed by atoms with E-state index in [1.807, 2.05) is 35.2 Å². The Morgan fingerprint density at radius 1 is 1.06 bits per heavy atom. The summed E-state index contributed by atoms with van der Waals surface area (Å²) in [5, 5.41) is 3.16. The molecule has 172 valence electrons. The SMILES string of the molecule is COc1ccccc1N1CCN(CCNC(=O)N(c2ccccn2)C2CCCCC2)CC1. The fourth-order valence-electron chi connectivity index (χ4n) is 4.80. The Bertz CT molecular complexity index is 848. The summed E-state index contributed by atoms with van der Waals surface area (Å²) in [6, 6.07) is 14.2. The zero-order chi connectivity index (χ0) is 22.2. The first-order valence-electron chi connectivity index (χ1n) is 11.8. The van der Waals surface area contributed by atoms with E-state index in [-0.39, 0.29) is 12.1 Å². The molecular formula is C25H35N5O2. The highest BCUT2D eigenvalue weighted by atomic mass is 16.5. The van der Waals surface area contributed by atoms with Gasteiger partial charge in [-0.1, -0.05) is 37.5 Å². The number of pyridine rings is 1. The number of para-hydroxylation sites is 2. The van der Waals surface area contributed by atoms with Crippen molar-refractivity contribution in [3.05, 3.63) is 48.7 Å². The molecule has 1 aliphatic heterocycles. The number of carbonyl (C=O) groups is 1. The molecule has 2 aliphatic rings. The minimum absolute atomic E-state index is 0.0248. The van der Waals surface area contributed by atoms with E-state index in [0.717, 1.165) is 62.8 Å². The number of benzene rings is 1. The van der Waals surface area contributed by atoms with E-state index in [0.29, 0.717) is 6.54 Å². The molecule has 1 aliphatic carbocycles. The highest BCUT2D eigenvalue weighted by molar-refractivity contribution is 5.91. The molecule has 1 aromatic heterocycles. The average molecular weight is 438 g/mol. The first-order valence-corrected chi connectivity index (χ1v) is 11.8. The standard InChI is InChI=1S/C25H35N5O2/c1-32-23-12-6-5-11-22(23)29-19-17-28(18-20-29)16-15-27-25(31)30(21-9-3-2-4-10-21)24-13-7-8-14-26-24/h5-8,11-14,21H,2-4,9-10,15-20H2,1H3,(H,27,31). The normalized spacial score (nSPS) is 17.7. The van der Waals surface area contributed by atoms with Crippen molar-refractivity contribution in [3.63, 3.8) is 0 Å². The summed E-state index contributed by atoms with van der Waals surface area (Å²) in [5.74, 6) is 1.67. The Morgan fingerprint density at radius 2 is 1.81 bits per heavy atom. The number of nitrogens with zero attached hydrogens (tertiary/aromatic N) is 4. The maximum absolute atomic E-state index is 13.1. The number of methoxy groups -OCH3 is 1. The summed E-state index contributed by atoms with van der Waals surface area (Å²) >= 11 is 0. The minimum atomic E-state index is -0.0248. The Hall–Kier alpha value is -2.80. The number of piperazine rings is 1. The van der Waals surface area contributed by atoms with Gasteiger partial charge in [-0.15, -0.1) is 0 Å². The van der Waals surface area contributed by atoms with Crippen molar-refractivity contribution >= 4 is 17.5 Å². The third kappa shape index (κ3) is 5.51. The molecule has 2 heterocycles. The van der Waals surface area contributed by atoms with Crippen molar-refractivity contribution in [2.75, 3.05) is 56.2 Å². The van der Waals surface area contributed by atoms with E-state index in [1.54, 1.807) is 13.3 Å². The summed E-state index contributed by atoms with van der Waals surface area (Å²) in [5.41, 5.74) is 1.15. The molecule has 7 nitrogen and oxygen atoms in total. The second-order valence-corrected chi connectivity index (χ2v) is 8.58. The Morgan fingerprint density at radius 3 is 2.53 bits per heavy atom. The Kier molecular flexibility index (Phi) is 7.82. The van der Waals surface area contributed by atoms with Gasteiger partial charge < -0.3 is 15.0 Å². The number of nitrogens with one attached hydrogen (secondary N) is 1. The maximum Gasteiger partial charge on any atom is 0.323 e. The molecule has 0 bridgehead atoms. The second kappa shape index (κ2) is 11.2. The first-order chi connectivity index (χ1) is 15.8. The first kappa shape index (κ1) is 22.4. The average Bonchev–Trinajstić information content (AvgIpc) is 2.86. The number of ether oxygens (including phenoxy) is 1. The van der Waals surface area contributed by atoms with Crippen LogP contribution in [0.15, 0.2) is 48.7 Å². The summed E-state index contributed by atoms with van der Waals surface area (Å²) < 4.78 is 5.51. The van der Waals surface area contributed by atoms with Crippen molar-refractivity contribution in [1.29, 1.82) is 0 Å². The van der Waals surface area contributed by atoms with Crippen LogP contribution < -0.4 is 19.9 Å². The fraction of sp³-hybridized carbons (Fsp3) is 0.520. The molecule has 32 heavy (non-hydrogen) atoms. The van der Waals surface area contributed by atoms with Crippen LogP contribution in [0, 0.1) is 0 Å². The number of anilines is 2. The predicted octanol–water partition coefficient (Wildman–Crippen LogP) is 3.76. The molecular weight excluding hydrogens is 402 g/mol. The third-order valence-electron chi connectivity index (χ3n) is 6.56. The number of rotatable bonds is 7. The lowest BCUT2D eigenvalue weighted by molar-refractivity contribution is 0.232. The quantitative estimate of drug-likeness (QED) is 0.715. The van der Waals surface area contributed by atoms with Crippen LogP contribution in [0.4, 0.5) is 16.3 Å². The molecule has 1 saturated carbocycles. The van der Waals surface area contributed by atoms with Crippen molar-refractivity contribution in [2.24, 2.45) is 0 Å². The number of carbonyl (C=O) groups excluding carboxylic acids is 1. The Labute approximate surface area is 191 Å². The van der Waals surface area contributed by atoms with Crippen LogP contribution in [-0.4, -0.2) is 68.3 Å². The van der Waals surface area contributed by atoms with Crippen molar-refractivity contribution in [2.45, 2.75) is 38.1 Å². The van der Waals surface area contributed by atoms with Crippen molar-refractivity contribution in [3.8, 4) is 5.75 Å². The monoisotopic (exact) mass is 437 g/mol. The van der Waals surface area contributed by atoms with Gasteiger partial charge in [-0.25, -0.2) is 9.78 Å². The van der Waals surface area contributed by atoms with E-state index >= 15 is 0 Å². The van der Waals surface area contributed by atoms with Gasteiger partial charge >= 0.3 is 6.03 Å². The lowest BCUT2D eigenvalue weighted by atomic mass is 9.94. The summed E-state index contributed by atoms with van der Waals surface area (Å²) in [4.78, 5) is 24.3. The fourth-order valence-corrected chi connectivity index (χ4v) is 4.80. The predicted molar refractivity (Wildman–Crippen MR) is 129 cm³/mol. The summed E-state index contributed by atoms with van der Waals surface area (Å²) in [6.45, 7) is 5.35. The minimum Gasteiger partial charge on any atom is -0.495 e. The van der Waals surface area contributed by atoms with Gasteiger partial charge in [-0.2, -0.15) is 0 Å². The molecule has 2 fully saturated rings. The number of amides is 2. The van der Waals surface area contributed by atoms with Gasteiger partial charge in [-0.05, 0) is 37.1 Å². The van der Waals surface area contributed by atoms with E-state index < -0.39 is 0 Å². The number of hydrogen-bond acceptors (Lipinski definition) is 5.